The average molecular weight is 266 g/mol. The van der Waals surface area contributed by atoms with Crippen LogP contribution in [-0.4, -0.2) is 28.1 Å². The van der Waals surface area contributed by atoms with Gasteiger partial charge in [-0.3, -0.25) is 9.88 Å². The van der Waals surface area contributed by atoms with Crippen molar-refractivity contribution in [1.82, 2.24) is 9.88 Å². The van der Waals surface area contributed by atoms with E-state index in [0.717, 1.165) is 12.8 Å². The van der Waals surface area contributed by atoms with Crippen LogP contribution in [0.25, 0.3) is 0 Å². The average Bonchev–Trinajstić information content (AvgIpc) is 2.76. The minimum atomic E-state index is -0.513. The van der Waals surface area contributed by atoms with Gasteiger partial charge >= 0.3 is 6.09 Å². The maximum absolute atomic E-state index is 12.9. The lowest BCUT2D eigenvalue weighted by molar-refractivity contribution is 0.0221. The van der Waals surface area contributed by atoms with Gasteiger partial charge in [-0.1, -0.05) is 0 Å². The Hall–Kier alpha value is -1.65. The van der Waals surface area contributed by atoms with Crippen LogP contribution < -0.4 is 0 Å². The molecule has 5 heteroatoms. The highest BCUT2D eigenvalue weighted by atomic mass is 19.1. The molecule has 1 saturated heterocycles. The van der Waals surface area contributed by atoms with E-state index in [1.54, 1.807) is 11.0 Å². The van der Waals surface area contributed by atoms with Gasteiger partial charge in [-0.2, -0.15) is 0 Å². The fraction of sp³-hybridized carbons (Fsp3) is 0.571. The van der Waals surface area contributed by atoms with Crippen molar-refractivity contribution in [2.24, 2.45) is 0 Å². The van der Waals surface area contributed by atoms with E-state index >= 15 is 0 Å². The molecule has 1 aliphatic rings. The van der Waals surface area contributed by atoms with E-state index in [1.165, 1.54) is 12.3 Å². The second-order valence-corrected chi connectivity index (χ2v) is 5.73. The predicted molar refractivity (Wildman–Crippen MR) is 69.1 cm³/mol. The lowest BCUT2D eigenvalue weighted by atomic mass is 10.1. The molecule has 1 aromatic heterocycles. The summed E-state index contributed by atoms with van der Waals surface area (Å²) in [5.74, 6) is -0.370. The van der Waals surface area contributed by atoms with Crippen molar-refractivity contribution >= 4 is 6.09 Å². The van der Waals surface area contributed by atoms with Gasteiger partial charge in [-0.25, -0.2) is 9.18 Å². The highest BCUT2D eigenvalue weighted by Gasteiger charge is 2.33. The third kappa shape index (κ3) is 3.43. The quantitative estimate of drug-likeness (QED) is 0.783. The molecule has 2 heterocycles. The molecule has 2 rings (SSSR count). The molecule has 1 amide bonds. The fourth-order valence-electron chi connectivity index (χ4n) is 2.20. The molecular formula is C14H19FN2O2. The molecule has 1 aromatic rings. The largest absolute Gasteiger partial charge is 0.444 e. The molecule has 0 spiro atoms. The molecule has 1 unspecified atom stereocenters. The van der Waals surface area contributed by atoms with Crippen molar-refractivity contribution < 1.29 is 13.9 Å². The summed E-state index contributed by atoms with van der Waals surface area (Å²) in [6.07, 6.45) is 2.59. The number of pyridine rings is 1. The van der Waals surface area contributed by atoms with E-state index in [0.29, 0.717) is 12.2 Å². The summed E-state index contributed by atoms with van der Waals surface area (Å²) in [6, 6.07) is 2.88. The number of hydrogen-bond acceptors (Lipinski definition) is 3. The van der Waals surface area contributed by atoms with Crippen LogP contribution in [0.1, 0.15) is 45.3 Å². The molecular weight excluding hydrogens is 247 g/mol. The summed E-state index contributed by atoms with van der Waals surface area (Å²) in [7, 11) is 0. The topological polar surface area (TPSA) is 42.4 Å². The summed E-state index contributed by atoms with van der Waals surface area (Å²) in [6.45, 7) is 6.17. The summed E-state index contributed by atoms with van der Waals surface area (Å²) in [5, 5.41) is 0. The molecule has 0 saturated carbocycles. The van der Waals surface area contributed by atoms with Gasteiger partial charge in [0.1, 0.15) is 11.4 Å². The Morgan fingerprint density at radius 2 is 2.21 bits per heavy atom. The number of rotatable bonds is 1. The molecule has 1 fully saturated rings. The summed E-state index contributed by atoms with van der Waals surface area (Å²) in [4.78, 5) is 17.9. The Morgan fingerprint density at radius 1 is 1.47 bits per heavy atom. The number of likely N-dealkylation sites (tertiary alicyclic amines) is 1. The minimum Gasteiger partial charge on any atom is -0.444 e. The molecule has 4 nitrogen and oxygen atoms in total. The number of hydrogen-bond donors (Lipinski definition) is 0. The molecule has 0 aliphatic carbocycles. The first-order valence-corrected chi connectivity index (χ1v) is 6.48. The normalized spacial score (nSPS) is 19.6. The Morgan fingerprint density at radius 3 is 2.79 bits per heavy atom. The van der Waals surface area contributed by atoms with Gasteiger partial charge in [0.05, 0.1) is 17.9 Å². The van der Waals surface area contributed by atoms with Gasteiger partial charge < -0.3 is 4.74 Å². The standard InChI is InChI=1S/C14H19FN2O2/c1-14(2,3)19-13(18)17-8-4-5-12(17)11-7-6-10(15)9-16-11/h6-7,9,12H,4-5,8H2,1-3H3. The molecule has 104 valence electrons. The van der Waals surface area contributed by atoms with Crippen molar-refractivity contribution in [3.63, 3.8) is 0 Å². The summed E-state index contributed by atoms with van der Waals surface area (Å²) < 4.78 is 18.3. The maximum Gasteiger partial charge on any atom is 0.410 e. The maximum atomic E-state index is 12.9. The smallest absolute Gasteiger partial charge is 0.410 e. The van der Waals surface area contributed by atoms with Crippen molar-refractivity contribution in [3.8, 4) is 0 Å². The van der Waals surface area contributed by atoms with Crippen molar-refractivity contribution in [2.45, 2.75) is 45.3 Å². The first-order valence-electron chi connectivity index (χ1n) is 6.48. The number of halogens is 1. The first kappa shape index (κ1) is 13.8. The highest BCUT2D eigenvalue weighted by molar-refractivity contribution is 5.69. The molecule has 1 aliphatic heterocycles. The Balaban J connectivity index is 2.12. The zero-order chi connectivity index (χ0) is 14.0. The van der Waals surface area contributed by atoms with Crippen LogP contribution in [0.5, 0.6) is 0 Å². The van der Waals surface area contributed by atoms with Crippen LogP contribution in [0.15, 0.2) is 18.3 Å². The van der Waals surface area contributed by atoms with Crippen LogP contribution >= 0.6 is 0 Å². The SMILES string of the molecule is CC(C)(C)OC(=O)N1CCCC1c1ccc(F)cn1. The van der Waals surface area contributed by atoms with E-state index in [2.05, 4.69) is 4.98 Å². The predicted octanol–water partition coefficient (Wildman–Crippen LogP) is 3.29. The Bertz CT molecular complexity index is 454. The third-order valence-corrected chi connectivity index (χ3v) is 2.97. The van der Waals surface area contributed by atoms with Crippen molar-refractivity contribution in [2.75, 3.05) is 6.54 Å². The van der Waals surface area contributed by atoms with Crippen LogP contribution in [0.3, 0.4) is 0 Å². The highest BCUT2D eigenvalue weighted by Crippen LogP contribution is 2.31. The van der Waals surface area contributed by atoms with Gasteiger partial charge in [-0.05, 0) is 45.7 Å². The lowest BCUT2D eigenvalue weighted by Gasteiger charge is -2.28. The minimum absolute atomic E-state index is 0.115. The van der Waals surface area contributed by atoms with E-state index < -0.39 is 5.60 Å². The van der Waals surface area contributed by atoms with Gasteiger partial charge in [0.2, 0.25) is 0 Å². The van der Waals surface area contributed by atoms with E-state index in [1.807, 2.05) is 20.8 Å². The monoisotopic (exact) mass is 266 g/mol. The fourth-order valence-corrected chi connectivity index (χ4v) is 2.20. The molecule has 0 radical (unpaired) electrons. The Kier molecular flexibility index (Phi) is 3.73. The summed E-state index contributed by atoms with van der Waals surface area (Å²) >= 11 is 0. The van der Waals surface area contributed by atoms with E-state index in [4.69, 9.17) is 4.74 Å². The lowest BCUT2D eigenvalue weighted by Crippen LogP contribution is -2.36. The zero-order valence-corrected chi connectivity index (χ0v) is 11.5. The molecule has 19 heavy (non-hydrogen) atoms. The third-order valence-electron chi connectivity index (χ3n) is 2.97. The van der Waals surface area contributed by atoms with Gasteiger partial charge in [0.25, 0.3) is 0 Å². The number of ether oxygens (including phenoxy) is 1. The van der Waals surface area contributed by atoms with Gasteiger partial charge in [0.15, 0.2) is 0 Å². The van der Waals surface area contributed by atoms with Crippen LogP contribution in [0.4, 0.5) is 9.18 Å². The number of carbonyl (C=O) groups is 1. The molecule has 0 aromatic carbocycles. The first-order chi connectivity index (χ1) is 8.87. The van der Waals surface area contributed by atoms with Gasteiger partial charge in [0, 0.05) is 6.54 Å². The number of nitrogens with zero attached hydrogens (tertiary/aromatic N) is 2. The number of aromatic nitrogens is 1. The Labute approximate surface area is 112 Å². The second-order valence-electron chi connectivity index (χ2n) is 5.73. The van der Waals surface area contributed by atoms with E-state index in [-0.39, 0.29) is 18.0 Å². The second kappa shape index (κ2) is 5.15. The molecule has 1 atom stereocenters. The molecule has 0 bridgehead atoms. The summed E-state index contributed by atoms with van der Waals surface area (Å²) in [5.41, 5.74) is 0.199. The zero-order valence-electron chi connectivity index (χ0n) is 11.5. The van der Waals surface area contributed by atoms with Crippen LogP contribution in [-0.2, 0) is 4.74 Å². The number of amides is 1. The van der Waals surface area contributed by atoms with E-state index in [9.17, 15) is 9.18 Å². The van der Waals surface area contributed by atoms with Gasteiger partial charge in [-0.15, -0.1) is 0 Å². The number of carbonyl (C=O) groups excluding carboxylic acids is 1. The van der Waals surface area contributed by atoms with Crippen molar-refractivity contribution in [1.29, 1.82) is 0 Å². The van der Waals surface area contributed by atoms with Crippen LogP contribution in [0, 0.1) is 5.82 Å². The molecule has 0 N–H and O–H groups in total. The van der Waals surface area contributed by atoms with Crippen molar-refractivity contribution in [3.05, 3.63) is 29.8 Å². The van der Waals surface area contributed by atoms with Crippen LogP contribution in [0.2, 0.25) is 0 Å².